The van der Waals surface area contributed by atoms with Crippen LogP contribution in [0.3, 0.4) is 0 Å². The predicted octanol–water partition coefficient (Wildman–Crippen LogP) is 1.48. The van der Waals surface area contributed by atoms with E-state index in [0.29, 0.717) is 12.1 Å². The molecule has 3 nitrogen and oxygen atoms in total. The zero-order valence-electron chi connectivity index (χ0n) is 8.16. The summed E-state index contributed by atoms with van der Waals surface area (Å²) in [4.78, 5) is 19.9. The number of carbonyl (C=O) groups is 2. The maximum Gasteiger partial charge on any atom is 0.132 e. The molecule has 76 valence electrons. The Kier molecular flexibility index (Phi) is 7.50. The van der Waals surface area contributed by atoms with Crippen molar-refractivity contribution in [3.05, 3.63) is 0 Å². The van der Waals surface area contributed by atoms with Crippen molar-refractivity contribution in [2.24, 2.45) is 0 Å². The molecule has 0 amide bonds. The third-order valence-electron chi connectivity index (χ3n) is 1.85. The van der Waals surface area contributed by atoms with E-state index in [4.69, 9.17) is 5.11 Å². The summed E-state index contributed by atoms with van der Waals surface area (Å²) in [5, 5.41) is 8.32. The van der Waals surface area contributed by atoms with E-state index in [9.17, 15) is 9.59 Å². The summed E-state index contributed by atoms with van der Waals surface area (Å²) < 4.78 is 0. The molecule has 0 saturated heterocycles. The second kappa shape index (κ2) is 7.92. The first-order chi connectivity index (χ1) is 6.16. The normalized spacial score (nSPS) is 18.5. The highest BCUT2D eigenvalue weighted by atomic mass is 16.3. The van der Waals surface area contributed by atoms with Gasteiger partial charge in [-0.15, -0.1) is 0 Å². The second-order valence-corrected chi connectivity index (χ2v) is 3.35. The Morgan fingerprint density at radius 1 is 1.38 bits per heavy atom. The Labute approximate surface area is 79.1 Å². The molecule has 1 atom stereocenters. The van der Waals surface area contributed by atoms with E-state index >= 15 is 0 Å². The van der Waals surface area contributed by atoms with Crippen molar-refractivity contribution in [1.29, 1.82) is 0 Å². The fraction of sp³-hybridized carbons (Fsp3) is 0.800. The Balaban J connectivity index is 0.000000226. The highest BCUT2D eigenvalue weighted by Gasteiger charge is 2.05. The minimum absolute atomic E-state index is 0.250. The van der Waals surface area contributed by atoms with E-state index in [-0.39, 0.29) is 6.42 Å². The van der Waals surface area contributed by atoms with Gasteiger partial charge < -0.3 is 9.90 Å². The van der Waals surface area contributed by atoms with Gasteiger partial charge in [0, 0.05) is 19.3 Å². The fourth-order valence-electron chi connectivity index (χ4n) is 1.09. The zero-order valence-corrected chi connectivity index (χ0v) is 8.16. The van der Waals surface area contributed by atoms with Crippen molar-refractivity contribution in [3.8, 4) is 0 Å². The van der Waals surface area contributed by atoms with Gasteiger partial charge in [-0.1, -0.05) is 6.42 Å². The lowest BCUT2D eigenvalue weighted by molar-refractivity contribution is -0.120. The molecule has 0 heterocycles. The number of carbonyl (C=O) groups excluding carboxylic acids is 2. The topological polar surface area (TPSA) is 54.4 Å². The number of aliphatic hydroxyl groups is 1. The van der Waals surface area contributed by atoms with E-state index in [1.807, 2.05) is 0 Å². The average Bonchev–Trinajstić information content (AvgIpc) is 2.06. The van der Waals surface area contributed by atoms with E-state index in [1.165, 1.54) is 6.42 Å². The molecule has 1 aliphatic rings. The molecule has 1 unspecified atom stereocenters. The first kappa shape index (κ1) is 12.3. The lowest BCUT2D eigenvalue weighted by atomic mass is 10.00. The van der Waals surface area contributed by atoms with Gasteiger partial charge in [-0.05, 0) is 19.8 Å². The Hall–Kier alpha value is -0.700. The molecule has 0 aromatic rings. The molecule has 0 radical (unpaired) electrons. The molecule has 1 rings (SSSR count). The van der Waals surface area contributed by atoms with Crippen molar-refractivity contribution < 1.29 is 14.7 Å². The van der Waals surface area contributed by atoms with Crippen LogP contribution in [0.1, 0.15) is 45.4 Å². The SMILES string of the molecule is CC(O)CC=O.O=C1CCCCC1. The summed E-state index contributed by atoms with van der Waals surface area (Å²) in [5.74, 6) is 0.464. The quantitative estimate of drug-likeness (QED) is 0.664. The third kappa shape index (κ3) is 9.21. The van der Waals surface area contributed by atoms with Gasteiger partial charge in [0.1, 0.15) is 12.1 Å². The molecule has 0 aromatic carbocycles. The number of ketones is 1. The van der Waals surface area contributed by atoms with Crippen LogP contribution in [0.2, 0.25) is 0 Å². The molecule has 0 aromatic heterocycles. The summed E-state index contributed by atoms with van der Waals surface area (Å²) in [5.41, 5.74) is 0. The smallest absolute Gasteiger partial charge is 0.132 e. The fourth-order valence-corrected chi connectivity index (χ4v) is 1.09. The monoisotopic (exact) mass is 186 g/mol. The van der Waals surface area contributed by atoms with Crippen LogP contribution in [-0.2, 0) is 9.59 Å². The zero-order chi connectivity index (χ0) is 10.1. The van der Waals surface area contributed by atoms with Crippen LogP contribution in [0.4, 0.5) is 0 Å². The van der Waals surface area contributed by atoms with E-state index < -0.39 is 6.10 Å². The van der Waals surface area contributed by atoms with Gasteiger partial charge in [0.2, 0.25) is 0 Å². The maximum atomic E-state index is 10.5. The van der Waals surface area contributed by atoms with Gasteiger partial charge in [-0.3, -0.25) is 4.79 Å². The molecule has 1 aliphatic carbocycles. The number of aldehydes is 1. The lowest BCUT2D eigenvalue weighted by Gasteiger charge is -2.05. The van der Waals surface area contributed by atoms with Crippen LogP contribution in [0.5, 0.6) is 0 Å². The van der Waals surface area contributed by atoms with Crippen LogP contribution in [-0.4, -0.2) is 23.3 Å². The van der Waals surface area contributed by atoms with Crippen LogP contribution >= 0.6 is 0 Å². The van der Waals surface area contributed by atoms with Crippen molar-refractivity contribution in [2.75, 3.05) is 0 Å². The first-order valence-corrected chi connectivity index (χ1v) is 4.80. The van der Waals surface area contributed by atoms with E-state index in [0.717, 1.165) is 25.7 Å². The van der Waals surface area contributed by atoms with Crippen molar-refractivity contribution in [2.45, 2.75) is 51.6 Å². The second-order valence-electron chi connectivity index (χ2n) is 3.35. The van der Waals surface area contributed by atoms with Crippen LogP contribution in [0, 0.1) is 0 Å². The molecular formula is C10H18O3. The molecule has 0 aliphatic heterocycles. The summed E-state index contributed by atoms with van der Waals surface area (Å²) >= 11 is 0. The molecular weight excluding hydrogens is 168 g/mol. The molecule has 3 heteroatoms. The molecule has 1 saturated carbocycles. The van der Waals surface area contributed by atoms with Crippen LogP contribution in [0.25, 0.3) is 0 Å². The van der Waals surface area contributed by atoms with Crippen LogP contribution < -0.4 is 0 Å². The Bertz CT molecular complexity index is 144. The Morgan fingerprint density at radius 3 is 2.08 bits per heavy atom. The van der Waals surface area contributed by atoms with Gasteiger partial charge in [0.15, 0.2) is 0 Å². The van der Waals surface area contributed by atoms with Gasteiger partial charge in [-0.25, -0.2) is 0 Å². The number of rotatable bonds is 2. The van der Waals surface area contributed by atoms with Crippen molar-refractivity contribution in [1.82, 2.24) is 0 Å². The number of hydrogen-bond donors (Lipinski definition) is 1. The van der Waals surface area contributed by atoms with Gasteiger partial charge in [0.25, 0.3) is 0 Å². The molecule has 0 spiro atoms. The summed E-state index contributed by atoms with van der Waals surface area (Å²) in [7, 11) is 0. The van der Waals surface area contributed by atoms with E-state index in [1.54, 1.807) is 6.92 Å². The molecule has 1 N–H and O–H groups in total. The largest absolute Gasteiger partial charge is 0.393 e. The number of aliphatic hydroxyl groups excluding tert-OH is 1. The van der Waals surface area contributed by atoms with Gasteiger partial charge in [-0.2, -0.15) is 0 Å². The molecule has 1 fully saturated rings. The molecule has 0 bridgehead atoms. The van der Waals surface area contributed by atoms with E-state index in [2.05, 4.69) is 0 Å². The van der Waals surface area contributed by atoms with Crippen LogP contribution in [0.15, 0.2) is 0 Å². The Morgan fingerprint density at radius 2 is 1.92 bits per heavy atom. The van der Waals surface area contributed by atoms with Gasteiger partial charge >= 0.3 is 0 Å². The maximum absolute atomic E-state index is 10.5. The standard InChI is InChI=1S/C6H10O.C4H8O2/c7-6-4-2-1-3-5-6;1-4(6)2-3-5/h1-5H2;3-4,6H,2H2,1H3. The minimum atomic E-state index is -0.470. The summed E-state index contributed by atoms with van der Waals surface area (Å²) in [6, 6.07) is 0. The number of hydrogen-bond acceptors (Lipinski definition) is 3. The van der Waals surface area contributed by atoms with Gasteiger partial charge in [0.05, 0.1) is 6.10 Å². The molecule has 13 heavy (non-hydrogen) atoms. The van der Waals surface area contributed by atoms with Crippen molar-refractivity contribution >= 4 is 12.1 Å². The highest BCUT2D eigenvalue weighted by Crippen LogP contribution is 2.12. The average molecular weight is 186 g/mol. The summed E-state index contributed by atoms with van der Waals surface area (Å²) in [6.45, 7) is 1.58. The van der Waals surface area contributed by atoms with Crippen molar-refractivity contribution in [3.63, 3.8) is 0 Å². The number of Topliss-reactive ketones (excluding diaryl/α,β-unsaturated/α-hetero) is 1. The highest BCUT2D eigenvalue weighted by molar-refractivity contribution is 5.78. The minimum Gasteiger partial charge on any atom is -0.393 e. The predicted molar refractivity (Wildman–Crippen MR) is 50.5 cm³/mol. The summed E-state index contributed by atoms with van der Waals surface area (Å²) in [6.07, 6.45) is 5.72. The first-order valence-electron chi connectivity index (χ1n) is 4.80. The lowest BCUT2D eigenvalue weighted by Crippen LogP contribution is -2.02. The third-order valence-corrected chi connectivity index (χ3v) is 1.85.